The standard InChI is InChI=1S/C25H31NO5/c1-28-20-13-18(14-21(16-20)29-2)5-8-24(27)26-17-25(9-3-4-10-25)19-6-7-22-23(15-19)31-12-11-30-22/h6-7,13-16H,3-5,8-12,17H2,1-2H3,(H,26,27). The Morgan fingerprint density at radius 1 is 0.968 bits per heavy atom. The number of carbonyl (C=O) groups excluding carboxylic acids is 1. The van der Waals surface area contributed by atoms with Crippen LogP contribution in [-0.4, -0.2) is 39.9 Å². The van der Waals surface area contributed by atoms with E-state index in [-0.39, 0.29) is 11.3 Å². The van der Waals surface area contributed by atoms with Crippen LogP contribution >= 0.6 is 0 Å². The summed E-state index contributed by atoms with van der Waals surface area (Å²) in [6.45, 7) is 1.81. The molecule has 166 valence electrons. The molecule has 1 fully saturated rings. The van der Waals surface area contributed by atoms with E-state index in [9.17, 15) is 4.79 Å². The Morgan fingerprint density at radius 3 is 2.32 bits per heavy atom. The van der Waals surface area contributed by atoms with Crippen LogP contribution in [0.2, 0.25) is 0 Å². The fourth-order valence-electron chi connectivity index (χ4n) is 4.62. The number of nitrogens with one attached hydrogen (secondary N) is 1. The van der Waals surface area contributed by atoms with Crippen molar-refractivity contribution in [2.45, 2.75) is 43.9 Å². The van der Waals surface area contributed by atoms with Gasteiger partial charge in [0.1, 0.15) is 24.7 Å². The smallest absolute Gasteiger partial charge is 0.220 e. The van der Waals surface area contributed by atoms with Crippen molar-refractivity contribution in [1.29, 1.82) is 0 Å². The van der Waals surface area contributed by atoms with Crippen LogP contribution in [-0.2, 0) is 16.6 Å². The lowest BCUT2D eigenvalue weighted by atomic mass is 9.78. The SMILES string of the molecule is COc1cc(CCC(=O)NCC2(c3ccc4c(c3)OCCO4)CCCC2)cc(OC)c1. The molecule has 2 aliphatic rings. The predicted octanol–water partition coefficient (Wildman–Crippen LogP) is 4.04. The minimum Gasteiger partial charge on any atom is -0.497 e. The van der Waals surface area contributed by atoms with Crippen molar-refractivity contribution in [3.63, 3.8) is 0 Å². The highest BCUT2D eigenvalue weighted by molar-refractivity contribution is 5.76. The molecule has 1 amide bonds. The number of hydrogen-bond donors (Lipinski definition) is 1. The predicted molar refractivity (Wildman–Crippen MR) is 118 cm³/mol. The lowest BCUT2D eigenvalue weighted by Gasteiger charge is -2.31. The number of amides is 1. The molecule has 1 aliphatic heterocycles. The van der Waals surface area contributed by atoms with Crippen LogP contribution in [0, 0.1) is 0 Å². The van der Waals surface area contributed by atoms with Crippen LogP contribution in [0.3, 0.4) is 0 Å². The highest BCUT2D eigenvalue weighted by atomic mass is 16.6. The van der Waals surface area contributed by atoms with Crippen LogP contribution in [0.15, 0.2) is 36.4 Å². The fraction of sp³-hybridized carbons (Fsp3) is 0.480. The number of fused-ring (bicyclic) bond motifs is 1. The highest BCUT2D eigenvalue weighted by Gasteiger charge is 2.36. The molecule has 0 atom stereocenters. The maximum atomic E-state index is 12.7. The van der Waals surface area contributed by atoms with Gasteiger partial charge in [-0.15, -0.1) is 0 Å². The fourth-order valence-corrected chi connectivity index (χ4v) is 4.62. The van der Waals surface area contributed by atoms with E-state index in [1.807, 2.05) is 24.3 Å². The van der Waals surface area contributed by atoms with Crippen molar-refractivity contribution in [1.82, 2.24) is 5.32 Å². The number of hydrogen-bond acceptors (Lipinski definition) is 5. The molecule has 0 bridgehead atoms. The summed E-state index contributed by atoms with van der Waals surface area (Å²) in [6.07, 6.45) is 5.55. The second kappa shape index (κ2) is 9.50. The zero-order valence-electron chi connectivity index (χ0n) is 18.4. The Hall–Kier alpha value is -2.89. The zero-order valence-corrected chi connectivity index (χ0v) is 18.4. The minimum atomic E-state index is -0.0370. The van der Waals surface area contributed by atoms with E-state index >= 15 is 0 Å². The minimum absolute atomic E-state index is 0.0370. The molecule has 0 unspecified atom stereocenters. The average Bonchev–Trinajstić information content (AvgIpc) is 3.31. The molecule has 0 saturated heterocycles. The number of carbonyl (C=O) groups is 1. The lowest BCUT2D eigenvalue weighted by Crippen LogP contribution is -2.39. The number of aryl methyl sites for hydroxylation is 1. The van der Waals surface area contributed by atoms with Crippen molar-refractivity contribution in [2.75, 3.05) is 34.0 Å². The first kappa shape index (κ1) is 21.3. The third-order valence-electron chi connectivity index (χ3n) is 6.39. The second-order valence-corrected chi connectivity index (χ2v) is 8.34. The molecule has 0 spiro atoms. The summed E-state index contributed by atoms with van der Waals surface area (Å²) in [6, 6.07) is 12.0. The Balaban J connectivity index is 1.39. The van der Waals surface area contributed by atoms with E-state index in [1.165, 1.54) is 18.4 Å². The maximum Gasteiger partial charge on any atom is 0.220 e. The molecule has 1 N–H and O–H groups in total. The van der Waals surface area contributed by atoms with Crippen molar-refractivity contribution < 1.29 is 23.7 Å². The molecule has 2 aromatic carbocycles. The summed E-state index contributed by atoms with van der Waals surface area (Å²) in [4.78, 5) is 12.7. The van der Waals surface area contributed by atoms with E-state index in [1.54, 1.807) is 14.2 Å². The van der Waals surface area contributed by atoms with Crippen LogP contribution in [0.4, 0.5) is 0 Å². The van der Waals surface area contributed by atoms with E-state index < -0.39 is 0 Å². The van der Waals surface area contributed by atoms with E-state index in [0.29, 0.717) is 32.6 Å². The van der Waals surface area contributed by atoms with Gasteiger partial charge in [0.15, 0.2) is 11.5 Å². The van der Waals surface area contributed by atoms with Crippen molar-refractivity contribution in [2.24, 2.45) is 0 Å². The number of ether oxygens (including phenoxy) is 4. The van der Waals surface area contributed by atoms with Gasteiger partial charge in [-0.3, -0.25) is 4.79 Å². The molecule has 4 rings (SSSR count). The summed E-state index contributed by atoms with van der Waals surface area (Å²) in [7, 11) is 3.26. The van der Waals surface area contributed by atoms with Crippen LogP contribution in [0.5, 0.6) is 23.0 Å². The van der Waals surface area contributed by atoms with Crippen molar-refractivity contribution in [3.05, 3.63) is 47.5 Å². The van der Waals surface area contributed by atoms with E-state index in [2.05, 4.69) is 17.4 Å². The zero-order chi connectivity index (χ0) is 21.7. The van der Waals surface area contributed by atoms with Gasteiger partial charge in [-0.2, -0.15) is 0 Å². The molecule has 6 nitrogen and oxygen atoms in total. The van der Waals surface area contributed by atoms with Crippen LogP contribution in [0.1, 0.15) is 43.2 Å². The lowest BCUT2D eigenvalue weighted by molar-refractivity contribution is -0.121. The molecule has 31 heavy (non-hydrogen) atoms. The van der Waals surface area contributed by atoms with Gasteiger partial charge in [0.25, 0.3) is 0 Å². The van der Waals surface area contributed by atoms with Crippen molar-refractivity contribution >= 4 is 5.91 Å². The topological polar surface area (TPSA) is 66.0 Å². The third-order valence-corrected chi connectivity index (χ3v) is 6.39. The first-order valence-electron chi connectivity index (χ1n) is 11.0. The summed E-state index contributed by atoms with van der Waals surface area (Å²) in [5.74, 6) is 3.15. The second-order valence-electron chi connectivity index (χ2n) is 8.34. The van der Waals surface area contributed by atoms with Gasteiger partial charge in [-0.25, -0.2) is 0 Å². The molecular formula is C25H31NO5. The van der Waals surface area contributed by atoms with Crippen LogP contribution < -0.4 is 24.3 Å². The molecule has 2 aromatic rings. The maximum absolute atomic E-state index is 12.7. The summed E-state index contributed by atoms with van der Waals surface area (Å²) < 4.78 is 22.1. The van der Waals surface area contributed by atoms with E-state index in [4.69, 9.17) is 18.9 Å². The Labute approximate surface area is 183 Å². The largest absolute Gasteiger partial charge is 0.497 e. The van der Waals surface area contributed by atoms with Gasteiger partial charge in [0.2, 0.25) is 5.91 Å². The van der Waals surface area contributed by atoms with Gasteiger partial charge in [0, 0.05) is 24.4 Å². The molecule has 1 aliphatic carbocycles. The van der Waals surface area contributed by atoms with Gasteiger partial charge >= 0.3 is 0 Å². The number of methoxy groups -OCH3 is 2. The van der Waals surface area contributed by atoms with Gasteiger partial charge < -0.3 is 24.3 Å². The molecule has 6 heteroatoms. The monoisotopic (exact) mass is 425 g/mol. The van der Waals surface area contributed by atoms with E-state index in [0.717, 1.165) is 41.4 Å². The quantitative estimate of drug-likeness (QED) is 0.692. The molecule has 1 heterocycles. The molecule has 0 aromatic heterocycles. The average molecular weight is 426 g/mol. The summed E-state index contributed by atoms with van der Waals surface area (Å²) in [5.41, 5.74) is 2.21. The Morgan fingerprint density at radius 2 is 1.65 bits per heavy atom. The first-order valence-corrected chi connectivity index (χ1v) is 11.0. The van der Waals surface area contributed by atoms with Gasteiger partial charge in [-0.1, -0.05) is 18.9 Å². The van der Waals surface area contributed by atoms with Gasteiger partial charge in [0.05, 0.1) is 14.2 Å². The Kier molecular flexibility index (Phi) is 6.54. The highest BCUT2D eigenvalue weighted by Crippen LogP contribution is 2.43. The molecule has 1 saturated carbocycles. The normalized spacial score (nSPS) is 16.6. The third kappa shape index (κ3) is 4.89. The summed E-state index contributed by atoms with van der Waals surface area (Å²) >= 11 is 0. The molecule has 0 radical (unpaired) electrons. The number of rotatable bonds is 8. The van der Waals surface area contributed by atoms with Crippen molar-refractivity contribution in [3.8, 4) is 23.0 Å². The number of benzene rings is 2. The van der Waals surface area contributed by atoms with Crippen LogP contribution in [0.25, 0.3) is 0 Å². The Bertz CT molecular complexity index is 898. The first-order chi connectivity index (χ1) is 15.1. The van der Waals surface area contributed by atoms with Gasteiger partial charge in [-0.05, 0) is 54.7 Å². The molecular weight excluding hydrogens is 394 g/mol. The summed E-state index contributed by atoms with van der Waals surface area (Å²) in [5, 5.41) is 3.20.